The number of hydrogen-bond donors (Lipinski definition) is 0. The Morgan fingerprint density at radius 3 is 2.81 bits per heavy atom. The van der Waals surface area contributed by atoms with E-state index in [0.717, 1.165) is 11.3 Å². The Kier molecular flexibility index (Phi) is 3.42. The van der Waals surface area contributed by atoms with Crippen molar-refractivity contribution in [1.29, 1.82) is 0 Å². The minimum Gasteiger partial charge on any atom is -0.616 e. The molecule has 0 atom stereocenters. The van der Waals surface area contributed by atoms with E-state index < -0.39 is 0 Å². The van der Waals surface area contributed by atoms with E-state index in [9.17, 15) is 5.21 Å². The van der Waals surface area contributed by atoms with Crippen LogP contribution < -0.4 is 9.47 Å². The van der Waals surface area contributed by atoms with Crippen molar-refractivity contribution in [2.45, 2.75) is 6.92 Å². The van der Waals surface area contributed by atoms with E-state index in [2.05, 4.69) is 15.0 Å². The Morgan fingerprint density at radius 1 is 1.14 bits per heavy atom. The summed E-state index contributed by atoms with van der Waals surface area (Å²) in [6.07, 6.45) is 4.72. The van der Waals surface area contributed by atoms with Crippen molar-refractivity contribution in [3.8, 4) is 23.1 Å². The Balaban J connectivity index is 1.97. The zero-order chi connectivity index (χ0) is 14.7. The van der Waals surface area contributed by atoms with Crippen LogP contribution in [0.2, 0.25) is 0 Å². The van der Waals surface area contributed by atoms with E-state index in [1.807, 2.05) is 19.1 Å². The summed E-state index contributed by atoms with van der Waals surface area (Å²) in [7, 11) is 0. The summed E-state index contributed by atoms with van der Waals surface area (Å²) in [5.74, 6) is 0.983. The number of nitrogens with zero attached hydrogens (tertiary/aromatic N) is 4. The number of hydrogen-bond acceptors (Lipinski definition) is 5. The highest BCUT2D eigenvalue weighted by Gasteiger charge is 2.11. The zero-order valence-corrected chi connectivity index (χ0v) is 11.3. The van der Waals surface area contributed by atoms with E-state index in [-0.39, 0.29) is 5.88 Å². The fraction of sp³-hybridized carbons (Fsp3) is 0.0667. The lowest BCUT2D eigenvalue weighted by molar-refractivity contribution is -0.611. The molecule has 0 spiro atoms. The molecule has 21 heavy (non-hydrogen) atoms. The molecule has 0 saturated carbocycles. The maximum Gasteiger partial charge on any atom is 0.386 e. The Labute approximate surface area is 121 Å². The van der Waals surface area contributed by atoms with E-state index in [4.69, 9.17) is 4.74 Å². The second-order valence-corrected chi connectivity index (χ2v) is 4.38. The van der Waals surface area contributed by atoms with Gasteiger partial charge in [-0.3, -0.25) is 4.98 Å². The Bertz CT molecular complexity index is 763. The van der Waals surface area contributed by atoms with Gasteiger partial charge in [0, 0.05) is 35.8 Å². The standard InChI is InChI=1S/C15H12N4O2/c1-11-9-13(21-14-6-2-3-8-19(14)20)18-15(17-11)12-5-4-7-16-10-12/h2-10H,1H3. The van der Waals surface area contributed by atoms with Crippen molar-refractivity contribution in [1.82, 2.24) is 15.0 Å². The topological polar surface area (TPSA) is 74.8 Å². The average Bonchev–Trinajstić information content (AvgIpc) is 2.50. The molecule has 0 aliphatic rings. The molecule has 3 aromatic rings. The highest BCUT2D eigenvalue weighted by molar-refractivity contribution is 5.53. The normalized spacial score (nSPS) is 10.3. The number of aryl methyl sites for hydroxylation is 1. The van der Waals surface area contributed by atoms with Crippen LogP contribution in [0.1, 0.15) is 5.69 Å². The van der Waals surface area contributed by atoms with Gasteiger partial charge in [-0.25, -0.2) is 4.98 Å². The van der Waals surface area contributed by atoms with Crippen LogP contribution in [0, 0.1) is 12.1 Å². The molecule has 0 aromatic carbocycles. The minimum absolute atomic E-state index is 0.160. The van der Waals surface area contributed by atoms with Crippen molar-refractivity contribution in [3.63, 3.8) is 0 Å². The van der Waals surface area contributed by atoms with Crippen LogP contribution in [0.4, 0.5) is 0 Å². The molecule has 6 heteroatoms. The quantitative estimate of drug-likeness (QED) is 0.543. The fourth-order valence-electron chi connectivity index (χ4n) is 1.81. The molecule has 0 unspecified atom stereocenters. The van der Waals surface area contributed by atoms with Gasteiger partial charge in [0.05, 0.1) is 6.07 Å². The van der Waals surface area contributed by atoms with Gasteiger partial charge in [0.25, 0.3) is 0 Å². The van der Waals surface area contributed by atoms with Crippen LogP contribution in [0.5, 0.6) is 11.8 Å². The van der Waals surface area contributed by atoms with E-state index in [1.54, 1.807) is 36.7 Å². The van der Waals surface area contributed by atoms with Crippen LogP contribution in [-0.2, 0) is 0 Å². The zero-order valence-electron chi connectivity index (χ0n) is 11.3. The molecule has 104 valence electrons. The lowest BCUT2D eigenvalue weighted by Crippen LogP contribution is -2.26. The molecular weight excluding hydrogens is 268 g/mol. The maximum absolute atomic E-state index is 11.6. The Hall–Kier alpha value is -3.02. The smallest absolute Gasteiger partial charge is 0.386 e. The predicted molar refractivity (Wildman–Crippen MR) is 75.5 cm³/mol. The monoisotopic (exact) mass is 280 g/mol. The average molecular weight is 280 g/mol. The molecule has 6 nitrogen and oxygen atoms in total. The SMILES string of the molecule is Cc1cc(Oc2cccc[n+]2[O-])nc(-c2cccnc2)n1. The van der Waals surface area contributed by atoms with E-state index >= 15 is 0 Å². The van der Waals surface area contributed by atoms with Crippen LogP contribution in [0.15, 0.2) is 55.0 Å². The molecule has 0 aliphatic carbocycles. The first-order valence-electron chi connectivity index (χ1n) is 6.34. The molecule has 0 radical (unpaired) electrons. The molecule has 3 rings (SSSR count). The van der Waals surface area contributed by atoms with Gasteiger partial charge in [0.15, 0.2) is 12.0 Å². The van der Waals surface area contributed by atoms with Gasteiger partial charge in [-0.1, -0.05) is 0 Å². The summed E-state index contributed by atoms with van der Waals surface area (Å²) < 4.78 is 6.17. The molecule has 3 aromatic heterocycles. The number of aromatic nitrogens is 4. The molecular formula is C15H12N4O2. The third kappa shape index (κ3) is 2.94. The Morgan fingerprint density at radius 2 is 2.05 bits per heavy atom. The van der Waals surface area contributed by atoms with Crippen LogP contribution in [0.25, 0.3) is 11.4 Å². The molecule has 0 saturated heterocycles. The third-order valence-electron chi connectivity index (χ3n) is 2.75. The minimum atomic E-state index is 0.160. The largest absolute Gasteiger partial charge is 0.616 e. The molecule has 3 heterocycles. The van der Waals surface area contributed by atoms with Crippen molar-refractivity contribution in [3.05, 3.63) is 65.9 Å². The summed E-state index contributed by atoms with van der Waals surface area (Å²) in [6.45, 7) is 1.84. The summed E-state index contributed by atoms with van der Waals surface area (Å²) in [4.78, 5) is 12.7. The van der Waals surface area contributed by atoms with Gasteiger partial charge >= 0.3 is 5.88 Å². The predicted octanol–water partition coefficient (Wildman–Crippen LogP) is 2.27. The number of ether oxygens (including phenoxy) is 1. The summed E-state index contributed by atoms with van der Waals surface area (Å²) in [5, 5.41) is 11.6. The fourth-order valence-corrected chi connectivity index (χ4v) is 1.81. The molecule has 0 aliphatic heterocycles. The first-order valence-corrected chi connectivity index (χ1v) is 6.34. The first-order chi connectivity index (χ1) is 10.2. The second-order valence-electron chi connectivity index (χ2n) is 4.38. The van der Waals surface area contributed by atoms with Gasteiger partial charge in [0.1, 0.15) is 0 Å². The molecule has 0 bridgehead atoms. The second kappa shape index (κ2) is 5.54. The van der Waals surface area contributed by atoms with Gasteiger partial charge < -0.3 is 9.94 Å². The van der Waals surface area contributed by atoms with Crippen molar-refractivity contribution >= 4 is 0 Å². The van der Waals surface area contributed by atoms with Gasteiger partial charge in [0.2, 0.25) is 5.88 Å². The van der Waals surface area contributed by atoms with Gasteiger partial charge in [-0.05, 0) is 25.1 Å². The molecule has 0 amide bonds. The molecule has 0 fully saturated rings. The summed E-state index contributed by atoms with van der Waals surface area (Å²) >= 11 is 0. The lowest BCUT2D eigenvalue weighted by Gasteiger charge is -2.07. The van der Waals surface area contributed by atoms with Crippen molar-refractivity contribution in [2.75, 3.05) is 0 Å². The number of pyridine rings is 2. The van der Waals surface area contributed by atoms with Crippen LogP contribution >= 0.6 is 0 Å². The van der Waals surface area contributed by atoms with Crippen LogP contribution in [-0.4, -0.2) is 15.0 Å². The maximum atomic E-state index is 11.6. The van der Waals surface area contributed by atoms with Gasteiger partial charge in [-0.2, -0.15) is 4.98 Å². The highest BCUT2D eigenvalue weighted by atomic mass is 16.6. The molecule has 0 N–H and O–H groups in total. The first kappa shape index (κ1) is 13.0. The third-order valence-corrected chi connectivity index (χ3v) is 2.75. The number of rotatable bonds is 3. The lowest BCUT2D eigenvalue weighted by atomic mass is 10.2. The highest BCUT2D eigenvalue weighted by Crippen LogP contribution is 2.21. The summed E-state index contributed by atoms with van der Waals surface area (Å²) in [5.41, 5.74) is 1.53. The van der Waals surface area contributed by atoms with Gasteiger partial charge in [-0.15, -0.1) is 4.73 Å². The van der Waals surface area contributed by atoms with Crippen LogP contribution in [0.3, 0.4) is 0 Å². The van der Waals surface area contributed by atoms with Crippen molar-refractivity contribution < 1.29 is 9.47 Å². The summed E-state index contributed by atoms with van der Waals surface area (Å²) in [6, 6.07) is 10.3. The van der Waals surface area contributed by atoms with E-state index in [1.165, 1.54) is 6.20 Å². The van der Waals surface area contributed by atoms with E-state index in [0.29, 0.717) is 16.4 Å². The van der Waals surface area contributed by atoms with Crippen molar-refractivity contribution in [2.24, 2.45) is 0 Å².